The number of hydrogen-bond donors (Lipinski definition) is 6. The average molecular weight is 1320 g/mol. The number of benzene rings is 2. The summed E-state index contributed by atoms with van der Waals surface area (Å²) in [6.45, 7) is 11.1. The van der Waals surface area contributed by atoms with E-state index in [0.717, 1.165) is 46.2 Å². The third-order valence-electron chi connectivity index (χ3n) is 15.9. The minimum Gasteiger partial charge on any atom is -0.354 e. The number of pyridine rings is 6. The lowest BCUT2D eigenvalue weighted by Crippen LogP contribution is -2.52. The Morgan fingerprint density at radius 1 is 0.505 bits per heavy atom. The van der Waals surface area contributed by atoms with Crippen LogP contribution in [0.15, 0.2) is 144 Å². The molecule has 3 saturated heterocycles. The summed E-state index contributed by atoms with van der Waals surface area (Å²) in [5.74, 6) is 1.23. The van der Waals surface area contributed by atoms with E-state index in [1.54, 1.807) is 68.8 Å². The quantitative estimate of drug-likeness (QED) is 0.0704. The Kier molecular flexibility index (Phi) is 17.8. The number of aromatic nitrogens is 12. The molecule has 3 aliphatic heterocycles. The lowest BCUT2D eigenvalue weighted by molar-refractivity contribution is -0.138. The standard InChI is InChI=1S/C23H21F3N6.C22H18BrF3N6.C19H22F2N6.2H2/c1-14-4-6-15(7-5-14)18-13-32(12-11-27-18)19-9-8-17(23(24,25)26)21(29-19)20-16-3-2-10-28-22(16)31-30-20;23-14-4-1-3-13(11-14)17-12-32(10-9-27-17)18-7-6-16(22(24,25)26)20(29-18)19-15-5-2-8-28-21(15)31-30-19;1-19(2,21)10-12-11-27(9-8-22-12)15-6-5-14(20)17(24-15)16-13-4-3-7-23-18(13)26-25-16;;/h2-10,18,27H,11-13H2,1H3,(H,28,30,31);1-8,11,17,27H,9-10,12H2,(H,28,30,31);3-7,12,22H,8-11H2,1-2H3,(H,23,25,26);2*1H. The fourth-order valence-corrected chi connectivity index (χ4v) is 12.0. The van der Waals surface area contributed by atoms with Crippen molar-refractivity contribution in [2.75, 3.05) is 73.6 Å². The van der Waals surface area contributed by atoms with Crippen LogP contribution in [0.2, 0.25) is 0 Å². The number of alkyl halides is 7. The zero-order chi connectivity index (χ0) is 63.6. The zero-order valence-electron chi connectivity index (χ0n) is 49.4. The highest BCUT2D eigenvalue weighted by atomic mass is 79.9. The highest BCUT2D eigenvalue weighted by molar-refractivity contribution is 9.10. The minimum absolute atomic E-state index is 0. The number of hydrogen-bond acceptors (Lipinski definition) is 15. The molecule has 0 bridgehead atoms. The second kappa shape index (κ2) is 26.0. The van der Waals surface area contributed by atoms with Crippen LogP contribution in [0, 0.1) is 12.7 Å². The molecular formula is C64H65BrF8N18. The molecule has 0 aliphatic carbocycles. The number of aryl methyl sites for hydroxylation is 1. The maximum atomic E-state index is 14.5. The maximum absolute atomic E-state index is 14.5. The molecule has 3 aliphatic rings. The normalized spacial score (nSPS) is 17.5. The molecule has 6 N–H and O–H groups in total. The van der Waals surface area contributed by atoms with Crippen LogP contribution < -0.4 is 30.7 Å². The second-order valence-electron chi connectivity index (χ2n) is 22.9. The Bertz CT molecular complexity index is 4350. The molecule has 11 aromatic rings. The SMILES string of the molecule is CC(C)(F)CC1CN(c2ccc(F)c(-c3[nH]nc4ncccc34)n2)CCN1.Cc1ccc(C2CN(c3ccc(C(F)(F)F)c(-c4[nH]nc5ncccc45)n3)CCN2)cc1.FC(F)(F)c1ccc(N2CCNC(c3cccc(Br)c3)C2)nc1-c1[nH]nc2ncccc12.[HH].[HH]. The first-order valence-corrected chi connectivity index (χ1v) is 30.2. The smallest absolute Gasteiger partial charge is 0.354 e. The van der Waals surface area contributed by atoms with Gasteiger partial charge in [0.2, 0.25) is 0 Å². The first-order valence-electron chi connectivity index (χ1n) is 29.4. The number of nitrogens with zero attached hydrogens (tertiary/aromatic N) is 12. The number of halogens is 9. The van der Waals surface area contributed by atoms with Gasteiger partial charge in [0, 0.05) is 119 Å². The summed E-state index contributed by atoms with van der Waals surface area (Å²) < 4.78 is 112. The van der Waals surface area contributed by atoms with E-state index in [9.17, 15) is 35.1 Å². The second-order valence-corrected chi connectivity index (χ2v) is 23.9. The summed E-state index contributed by atoms with van der Waals surface area (Å²) in [5, 5.41) is 32.5. The molecular weight excluding hydrogens is 1250 g/mol. The van der Waals surface area contributed by atoms with E-state index >= 15 is 0 Å². The van der Waals surface area contributed by atoms with Crippen molar-refractivity contribution >= 4 is 66.5 Å². The summed E-state index contributed by atoms with van der Waals surface area (Å²) in [6, 6.07) is 34.8. The van der Waals surface area contributed by atoms with E-state index in [4.69, 9.17) is 0 Å². The molecule has 9 aromatic heterocycles. The van der Waals surface area contributed by atoms with Gasteiger partial charge in [-0.1, -0.05) is 57.9 Å². The van der Waals surface area contributed by atoms with Crippen molar-refractivity contribution in [3.8, 4) is 34.2 Å². The fourth-order valence-electron chi connectivity index (χ4n) is 11.6. The highest BCUT2D eigenvalue weighted by Crippen LogP contribution is 2.41. The number of H-pyrrole nitrogens is 3. The van der Waals surface area contributed by atoms with Crippen molar-refractivity contribution in [2.24, 2.45) is 0 Å². The molecule has 0 amide bonds. The Hall–Kier alpha value is -9.05. The third-order valence-corrected chi connectivity index (χ3v) is 16.4. The molecule has 474 valence electrons. The van der Waals surface area contributed by atoms with Crippen LogP contribution in [0.4, 0.5) is 52.6 Å². The van der Waals surface area contributed by atoms with Crippen molar-refractivity contribution in [3.05, 3.63) is 178 Å². The Morgan fingerprint density at radius 2 is 0.945 bits per heavy atom. The topological polar surface area (TPSA) is 209 Å². The van der Waals surface area contributed by atoms with E-state index in [0.29, 0.717) is 103 Å². The van der Waals surface area contributed by atoms with Gasteiger partial charge in [-0.25, -0.2) is 38.7 Å². The predicted molar refractivity (Wildman–Crippen MR) is 341 cm³/mol. The zero-order valence-corrected chi connectivity index (χ0v) is 50.9. The Morgan fingerprint density at radius 3 is 1.42 bits per heavy atom. The van der Waals surface area contributed by atoms with Crippen LogP contribution in [-0.2, 0) is 12.4 Å². The number of anilines is 3. The Balaban J connectivity index is 0.000000152. The first-order chi connectivity index (χ1) is 43.7. The van der Waals surface area contributed by atoms with Crippen LogP contribution in [0.3, 0.4) is 0 Å². The Labute approximate surface area is 527 Å². The van der Waals surface area contributed by atoms with Crippen LogP contribution >= 0.6 is 15.9 Å². The van der Waals surface area contributed by atoms with Gasteiger partial charge in [0.25, 0.3) is 0 Å². The molecule has 3 atom stereocenters. The van der Waals surface area contributed by atoms with Crippen LogP contribution in [0.5, 0.6) is 0 Å². The van der Waals surface area contributed by atoms with Gasteiger partial charge in [0.05, 0.1) is 28.2 Å². The van der Waals surface area contributed by atoms with Gasteiger partial charge < -0.3 is 30.7 Å². The van der Waals surface area contributed by atoms with Gasteiger partial charge in [0.15, 0.2) is 22.8 Å². The number of aromatic amines is 3. The monoisotopic (exact) mass is 1320 g/mol. The van der Waals surface area contributed by atoms with Gasteiger partial charge in [-0.05, 0) is 123 Å². The molecule has 91 heavy (non-hydrogen) atoms. The third kappa shape index (κ3) is 14.1. The molecule has 27 heteroatoms. The molecule has 12 heterocycles. The molecule has 2 aromatic carbocycles. The molecule has 14 rings (SSSR count). The van der Waals surface area contributed by atoms with E-state index in [-0.39, 0.29) is 49.4 Å². The lowest BCUT2D eigenvalue weighted by atomic mass is 9.99. The van der Waals surface area contributed by atoms with Crippen LogP contribution in [0.1, 0.15) is 63.0 Å². The molecule has 0 saturated carbocycles. The fraction of sp³-hybridized carbons (Fsp3) is 0.297. The van der Waals surface area contributed by atoms with Crippen molar-refractivity contribution in [1.29, 1.82) is 0 Å². The molecule has 3 fully saturated rings. The van der Waals surface area contributed by atoms with Crippen LogP contribution in [0.25, 0.3) is 67.3 Å². The van der Waals surface area contributed by atoms with Crippen LogP contribution in [-0.4, -0.2) is 131 Å². The number of nitrogens with one attached hydrogen (secondary N) is 6. The molecule has 3 unspecified atom stereocenters. The summed E-state index contributed by atoms with van der Waals surface area (Å²) >= 11 is 3.49. The van der Waals surface area contributed by atoms with E-state index in [1.165, 1.54) is 23.8 Å². The van der Waals surface area contributed by atoms with Crippen molar-refractivity contribution in [2.45, 2.75) is 63.3 Å². The van der Waals surface area contributed by atoms with E-state index in [1.807, 2.05) is 47.1 Å². The van der Waals surface area contributed by atoms with Crippen molar-refractivity contribution in [3.63, 3.8) is 0 Å². The van der Waals surface area contributed by atoms with E-state index in [2.05, 4.69) is 122 Å². The summed E-state index contributed by atoms with van der Waals surface area (Å²) in [4.78, 5) is 32.0. The summed E-state index contributed by atoms with van der Waals surface area (Å²) in [7, 11) is 0. The van der Waals surface area contributed by atoms with E-state index < -0.39 is 35.0 Å². The van der Waals surface area contributed by atoms with Gasteiger partial charge in [-0.3, -0.25) is 15.3 Å². The maximum Gasteiger partial charge on any atom is 0.418 e. The number of piperazine rings is 3. The summed E-state index contributed by atoms with van der Waals surface area (Å²) in [6.07, 6.45) is -3.95. The van der Waals surface area contributed by atoms with Gasteiger partial charge >= 0.3 is 12.4 Å². The lowest BCUT2D eigenvalue weighted by Gasteiger charge is -2.36. The minimum atomic E-state index is -4.55. The summed E-state index contributed by atoms with van der Waals surface area (Å²) in [5.41, 5.74) is 2.57. The van der Waals surface area contributed by atoms with Gasteiger partial charge in [-0.15, -0.1) is 0 Å². The molecule has 0 radical (unpaired) electrons. The van der Waals surface area contributed by atoms with Crippen molar-refractivity contribution in [1.82, 2.24) is 76.4 Å². The molecule has 18 nitrogen and oxygen atoms in total. The number of fused-ring (bicyclic) bond motifs is 3. The number of rotatable bonds is 10. The molecule has 0 spiro atoms. The van der Waals surface area contributed by atoms with Crippen molar-refractivity contribution < 1.29 is 38.0 Å². The largest absolute Gasteiger partial charge is 0.418 e. The van der Waals surface area contributed by atoms with Gasteiger partial charge in [0.1, 0.15) is 40.2 Å². The predicted octanol–water partition coefficient (Wildman–Crippen LogP) is 13.0. The first kappa shape index (κ1) is 62.2. The van der Waals surface area contributed by atoms with Gasteiger partial charge in [-0.2, -0.15) is 41.6 Å². The average Bonchev–Trinajstić information content (AvgIpc) is 1.76. The highest BCUT2D eigenvalue weighted by Gasteiger charge is 2.38.